The van der Waals surface area contributed by atoms with Crippen LogP contribution in [-0.2, 0) is 25.6 Å². The Morgan fingerprint density at radius 3 is 2.66 bits per heavy atom. The Morgan fingerprint density at radius 2 is 2.00 bits per heavy atom. The summed E-state index contributed by atoms with van der Waals surface area (Å²) < 4.78 is 23.8. The van der Waals surface area contributed by atoms with Gasteiger partial charge < -0.3 is 18.9 Å². The maximum Gasteiger partial charge on any atom is 0.326 e. The smallest absolute Gasteiger partial charge is 0.326 e. The molecule has 8 heteroatoms. The van der Waals surface area contributed by atoms with Crippen molar-refractivity contribution in [3.8, 4) is 5.75 Å². The van der Waals surface area contributed by atoms with E-state index in [1.54, 1.807) is 7.11 Å². The molecule has 0 N–H and O–H groups in total. The van der Waals surface area contributed by atoms with Crippen LogP contribution in [0.4, 0.5) is 0 Å². The van der Waals surface area contributed by atoms with Gasteiger partial charge in [0.25, 0.3) is 0 Å². The van der Waals surface area contributed by atoms with Crippen molar-refractivity contribution in [3.63, 3.8) is 0 Å². The number of halogens is 1. The molecule has 1 fully saturated rings. The minimum atomic E-state index is -0.518. The van der Waals surface area contributed by atoms with Gasteiger partial charge in [0.1, 0.15) is 18.4 Å². The number of nitrogens with zero attached hydrogens (tertiary/aromatic N) is 1. The molecule has 2 aromatic carbocycles. The van der Waals surface area contributed by atoms with Gasteiger partial charge in [-0.05, 0) is 60.8 Å². The van der Waals surface area contributed by atoms with E-state index < -0.39 is 12.3 Å². The molecule has 3 rings (SSSR count). The van der Waals surface area contributed by atoms with Gasteiger partial charge in [-0.15, -0.1) is 0 Å². The number of carbonyl (C=O) groups excluding carboxylic acids is 1. The third-order valence-electron chi connectivity index (χ3n) is 4.50. The molecular weight excluding hydrogens is 414 g/mol. The number of rotatable bonds is 7. The van der Waals surface area contributed by atoms with E-state index in [9.17, 15) is 4.79 Å². The van der Waals surface area contributed by atoms with Crippen LogP contribution >= 0.6 is 23.5 Å². The van der Waals surface area contributed by atoms with Crippen molar-refractivity contribution >= 4 is 29.5 Å². The second-order valence-electron chi connectivity index (χ2n) is 6.56. The molecule has 1 aliphatic heterocycles. The minimum Gasteiger partial charge on any atom is -0.489 e. The molecule has 1 aliphatic rings. The lowest BCUT2D eigenvalue weighted by Gasteiger charge is -2.40. The fourth-order valence-electron chi connectivity index (χ4n) is 3.03. The molecule has 2 aromatic rings. The largest absolute Gasteiger partial charge is 0.489 e. The zero-order chi connectivity index (χ0) is 20.8. The van der Waals surface area contributed by atoms with Gasteiger partial charge in [0, 0.05) is 17.0 Å². The second kappa shape index (κ2) is 10.3. The summed E-state index contributed by atoms with van der Waals surface area (Å²) in [6.45, 7) is 2.72. The van der Waals surface area contributed by atoms with Crippen molar-refractivity contribution in [1.29, 1.82) is 0 Å². The fraction of sp³-hybridized carbons (Fsp3) is 0.381. The first-order valence-corrected chi connectivity index (χ1v) is 10.3. The van der Waals surface area contributed by atoms with Gasteiger partial charge in [0.2, 0.25) is 0 Å². The molecule has 0 radical (unpaired) electrons. The van der Waals surface area contributed by atoms with Crippen LogP contribution < -0.4 is 4.74 Å². The van der Waals surface area contributed by atoms with E-state index in [1.807, 2.05) is 59.8 Å². The quantitative estimate of drug-likeness (QED) is 0.476. The predicted molar refractivity (Wildman–Crippen MR) is 112 cm³/mol. The van der Waals surface area contributed by atoms with Crippen LogP contribution in [0.3, 0.4) is 0 Å². The average Bonchev–Trinajstić information content (AvgIpc) is 2.72. The summed E-state index contributed by atoms with van der Waals surface area (Å²) in [6, 6.07) is 14.8. The van der Waals surface area contributed by atoms with Crippen LogP contribution in [0.25, 0.3) is 0 Å². The van der Waals surface area contributed by atoms with Crippen LogP contribution in [0.5, 0.6) is 5.75 Å². The van der Waals surface area contributed by atoms with Crippen molar-refractivity contribution in [2.75, 3.05) is 20.8 Å². The van der Waals surface area contributed by atoms with E-state index in [4.69, 9.17) is 30.5 Å². The van der Waals surface area contributed by atoms with Crippen LogP contribution in [0, 0.1) is 0 Å². The van der Waals surface area contributed by atoms with Gasteiger partial charge in [-0.2, -0.15) is 0 Å². The molecule has 0 aromatic heterocycles. The van der Waals surface area contributed by atoms with Gasteiger partial charge in [-0.1, -0.05) is 23.7 Å². The molecule has 0 amide bonds. The zero-order valence-corrected chi connectivity index (χ0v) is 18.1. The topological polar surface area (TPSA) is 57.2 Å². The predicted octanol–water partition coefficient (Wildman–Crippen LogP) is 4.16. The highest BCUT2D eigenvalue weighted by Gasteiger charge is 2.40. The van der Waals surface area contributed by atoms with Crippen LogP contribution in [0.2, 0.25) is 5.02 Å². The van der Waals surface area contributed by atoms with Gasteiger partial charge in [0.05, 0.1) is 19.8 Å². The number of benzene rings is 2. The summed E-state index contributed by atoms with van der Waals surface area (Å²) >= 11 is 7.47. The maximum atomic E-state index is 12.2. The number of methoxy groups -OCH3 is 2. The number of morpholine rings is 1. The van der Waals surface area contributed by atoms with E-state index in [0.29, 0.717) is 18.2 Å². The average molecular weight is 438 g/mol. The molecular formula is C21H24ClNO5S. The SMILES string of the molecule is COC(=O)C1C(C)OC(OC)CN1Sc1ccc(OCc2cccc(Cl)c2)cc1. The summed E-state index contributed by atoms with van der Waals surface area (Å²) in [5.41, 5.74) is 1.00. The Hall–Kier alpha value is -1.77. The van der Waals surface area contributed by atoms with Crippen molar-refractivity contribution in [2.45, 2.75) is 36.9 Å². The highest BCUT2D eigenvalue weighted by molar-refractivity contribution is 7.97. The fourth-order valence-corrected chi connectivity index (χ4v) is 4.34. The van der Waals surface area contributed by atoms with E-state index in [0.717, 1.165) is 16.2 Å². The summed E-state index contributed by atoms with van der Waals surface area (Å²) in [5.74, 6) is 0.421. The van der Waals surface area contributed by atoms with Crippen LogP contribution in [0.1, 0.15) is 12.5 Å². The number of carbonyl (C=O) groups is 1. The molecule has 3 atom stereocenters. The molecule has 6 nitrogen and oxygen atoms in total. The van der Waals surface area contributed by atoms with Crippen molar-refractivity contribution in [2.24, 2.45) is 0 Å². The normalized spacial score (nSPS) is 22.3. The molecule has 1 heterocycles. The Kier molecular flexibility index (Phi) is 7.80. The molecule has 29 heavy (non-hydrogen) atoms. The third-order valence-corrected chi connectivity index (χ3v) is 5.83. The highest BCUT2D eigenvalue weighted by atomic mass is 35.5. The minimum absolute atomic E-state index is 0.332. The van der Waals surface area contributed by atoms with E-state index in [2.05, 4.69) is 0 Å². The van der Waals surface area contributed by atoms with E-state index >= 15 is 0 Å². The van der Waals surface area contributed by atoms with Gasteiger partial charge in [-0.3, -0.25) is 4.79 Å². The summed E-state index contributed by atoms with van der Waals surface area (Å²) in [5, 5.41) is 0.687. The molecule has 0 bridgehead atoms. The van der Waals surface area contributed by atoms with Crippen molar-refractivity contribution in [3.05, 3.63) is 59.1 Å². The van der Waals surface area contributed by atoms with Gasteiger partial charge >= 0.3 is 5.97 Å². The summed E-state index contributed by atoms with van der Waals surface area (Å²) in [6.07, 6.45) is -0.757. The van der Waals surface area contributed by atoms with Crippen LogP contribution in [0.15, 0.2) is 53.4 Å². The monoisotopic (exact) mass is 437 g/mol. The lowest BCUT2D eigenvalue weighted by atomic mass is 10.1. The molecule has 0 spiro atoms. The second-order valence-corrected chi connectivity index (χ2v) is 8.11. The third kappa shape index (κ3) is 5.87. The number of hydrogen-bond donors (Lipinski definition) is 0. The Morgan fingerprint density at radius 1 is 1.24 bits per heavy atom. The molecule has 156 valence electrons. The number of ether oxygens (including phenoxy) is 4. The number of esters is 1. The van der Waals surface area contributed by atoms with Gasteiger partial charge in [0.15, 0.2) is 6.29 Å². The standard InChI is InChI=1S/C21H24ClNO5S/c1-14-20(21(24)26-3)23(12-19(25-2)28-14)29-18-9-7-17(8-10-18)27-13-15-5-4-6-16(22)11-15/h4-11,14,19-20H,12-13H2,1-3H3. The zero-order valence-electron chi connectivity index (χ0n) is 16.5. The summed E-state index contributed by atoms with van der Waals surface area (Å²) in [4.78, 5) is 13.2. The van der Waals surface area contributed by atoms with Gasteiger partial charge in [-0.25, -0.2) is 4.31 Å². The Labute approximate surface area is 180 Å². The molecule has 0 saturated carbocycles. The van der Waals surface area contributed by atoms with E-state index in [-0.39, 0.29) is 12.1 Å². The van der Waals surface area contributed by atoms with Crippen molar-refractivity contribution in [1.82, 2.24) is 4.31 Å². The molecule has 1 saturated heterocycles. The maximum absolute atomic E-state index is 12.2. The molecule has 0 aliphatic carbocycles. The Balaban J connectivity index is 1.64. The number of hydrogen-bond acceptors (Lipinski definition) is 7. The Bertz CT molecular complexity index is 819. The highest BCUT2D eigenvalue weighted by Crippen LogP contribution is 2.32. The first-order chi connectivity index (χ1) is 14.0. The first kappa shape index (κ1) is 21.9. The lowest BCUT2D eigenvalue weighted by molar-refractivity contribution is -0.203. The van der Waals surface area contributed by atoms with Crippen LogP contribution in [-0.4, -0.2) is 49.5 Å². The van der Waals surface area contributed by atoms with E-state index in [1.165, 1.54) is 19.1 Å². The van der Waals surface area contributed by atoms with Crippen molar-refractivity contribution < 1.29 is 23.7 Å². The lowest BCUT2D eigenvalue weighted by Crippen LogP contribution is -2.55. The first-order valence-electron chi connectivity index (χ1n) is 9.18. The summed E-state index contributed by atoms with van der Waals surface area (Å²) in [7, 11) is 2.97. The molecule has 3 unspecified atom stereocenters.